The Hall–Kier alpha value is -3.07. The molecule has 0 aromatic heterocycles. The SMILES string of the molecule is CC(OC(=O)c1c(F)cccc1F)C(=O)Nc1ccc([N+](=O)[O-])cc1Cl. The highest BCUT2D eigenvalue weighted by Crippen LogP contribution is 2.27. The average Bonchev–Trinajstić information content (AvgIpc) is 2.56. The molecule has 0 aliphatic carbocycles. The first kappa shape index (κ1) is 19.3. The molecule has 0 heterocycles. The molecule has 0 fully saturated rings. The Labute approximate surface area is 150 Å². The summed E-state index contributed by atoms with van der Waals surface area (Å²) in [6, 6.07) is 6.18. The Morgan fingerprint density at radius 2 is 1.85 bits per heavy atom. The minimum absolute atomic E-state index is 0.0437. The Morgan fingerprint density at radius 3 is 2.38 bits per heavy atom. The van der Waals surface area contributed by atoms with E-state index in [-0.39, 0.29) is 16.4 Å². The molecular formula is C16H11ClF2N2O5. The van der Waals surface area contributed by atoms with Gasteiger partial charge in [-0.1, -0.05) is 17.7 Å². The van der Waals surface area contributed by atoms with Gasteiger partial charge in [0, 0.05) is 12.1 Å². The molecule has 0 radical (unpaired) electrons. The Balaban J connectivity index is 2.08. The lowest BCUT2D eigenvalue weighted by Crippen LogP contribution is -2.30. The van der Waals surface area contributed by atoms with E-state index in [1.165, 1.54) is 13.0 Å². The number of halogens is 3. The molecule has 0 aliphatic heterocycles. The van der Waals surface area contributed by atoms with E-state index in [0.29, 0.717) is 0 Å². The van der Waals surface area contributed by atoms with Crippen LogP contribution in [-0.2, 0) is 9.53 Å². The summed E-state index contributed by atoms with van der Waals surface area (Å²) in [5, 5.41) is 12.8. The van der Waals surface area contributed by atoms with Crippen molar-refractivity contribution in [2.45, 2.75) is 13.0 Å². The van der Waals surface area contributed by atoms with Gasteiger partial charge in [0.1, 0.15) is 17.2 Å². The van der Waals surface area contributed by atoms with Gasteiger partial charge in [-0.2, -0.15) is 0 Å². The number of amides is 1. The van der Waals surface area contributed by atoms with Crippen LogP contribution in [0.25, 0.3) is 0 Å². The van der Waals surface area contributed by atoms with Crippen LogP contribution < -0.4 is 5.32 Å². The molecule has 1 amide bonds. The number of nitro benzene ring substituents is 1. The fourth-order valence-corrected chi connectivity index (χ4v) is 2.14. The molecule has 0 aliphatic rings. The maximum absolute atomic E-state index is 13.5. The summed E-state index contributed by atoms with van der Waals surface area (Å²) in [4.78, 5) is 33.9. The van der Waals surface area contributed by atoms with Crippen molar-refractivity contribution in [2.24, 2.45) is 0 Å². The van der Waals surface area contributed by atoms with Crippen LogP contribution in [0.15, 0.2) is 36.4 Å². The maximum Gasteiger partial charge on any atom is 0.344 e. The third-order valence-corrected chi connectivity index (χ3v) is 3.55. The van der Waals surface area contributed by atoms with Crippen molar-refractivity contribution in [1.82, 2.24) is 0 Å². The third-order valence-electron chi connectivity index (χ3n) is 3.24. The standard InChI is InChI=1S/C16H11ClF2N2O5/c1-8(26-16(23)14-11(18)3-2-4-12(14)19)15(22)20-13-6-5-9(21(24)25)7-10(13)17/h2-8H,1H3,(H,20,22). The van der Waals surface area contributed by atoms with Gasteiger partial charge in [0.05, 0.1) is 15.6 Å². The molecule has 1 atom stereocenters. The molecule has 26 heavy (non-hydrogen) atoms. The predicted molar refractivity (Wildman–Crippen MR) is 88.0 cm³/mol. The Kier molecular flexibility index (Phi) is 5.83. The number of non-ortho nitro benzene ring substituents is 1. The second kappa shape index (κ2) is 7.87. The molecular weight excluding hydrogens is 374 g/mol. The van der Waals surface area contributed by atoms with Gasteiger partial charge in [-0.3, -0.25) is 14.9 Å². The molecule has 0 saturated heterocycles. The van der Waals surface area contributed by atoms with E-state index in [0.717, 1.165) is 30.3 Å². The molecule has 2 rings (SSSR count). The topological polar surface area (TPSA) is 98.5 Å². The maximum atomic E-state index is 13.5. The smallest absolute Gasteiger partial charge is 0.344 e. The van der Waals surface area contributed by atoms with Crippen molar-refractivity contribution < 1.29 is 28.0 Å². The number of rotatable bonds is 5. The summed E-state index contributed by atoms with van der Waals surface area (Å²) in [6.45, 7) is 1.19. The number of carbonyl (C=O) groups is 2. The normalized spacial score (nSPS) is 11.5. The van der Waals surface area contributed by atoms with Crippen molar-refractivity contribution in [2.75, 3.05) is 5.32 Å². The van der Waals surface area contributed by atoms with E-state index in [1.54, 1.807) is 0 Å². The first-order valence-corrected chi connectivity index (χ1v) is 7.48. The van der Waals surface area contributed by atoms with Crippen LogP contribution in [0, 0.1) is 21.7 Å². The van der Waals surface area contributed by atoms with E-state index in [4.69, 9.17) is 16.3 Å². The van der Waals surface area contributed by atoms with Crippen molar-refractivity contribution in [1.29, 1.82) is 0 Å². The number of ether oxygens (including phenoxy) is 1. The zero-order valence-electron chi connectivity index (χ0n) is 13.2. The van der Waals surface area contributed by atoms with E-state index in [9.17, 15) is 28.5 Å². The molecule has 10 heteroatoms. The summed E-state index contributed by atoms with van der Waals surface area (Å²) >= 11 is 5.84. The second-order valence-corrected chi connectivity index (χ2v) is 5.46. The lowest BCUT2D eigenvalue weighted by molar-refractivity contribution is -0.384. The Morgan fingerprint density at radius 1 is 1.23 bits per heavy atom. The van der Waals surface area contributed by atoms with Gasteiger partial charge < -0.3 is 10.1 Å². The summed E-state index contributed by atoms with van der Waals surface area (Å²) in [5.41, 5.74) is -1.15. The fourth-order valence-electron chi connectivity index (χ4n) is 1.92. The largest absolute Gasteiger partial charge is 0.449 e. The zero-order valence-corrected chi connectivity index (χ0v) is 13.9. The number of benzene rings is 2. The first-order valence-electron chi connectivity index (χ1n) is 7.10. The van der Waals surface area contributed by atoms with Crippen molar-refractivity contribution >= 4 is 34.9 Å². The van der Waals surface area contributed by atoms with E-state index in [1.807, 2.05) is 0 Å². The molecule has 2 aromatic rings. The molecule has 7 nitrogen and oxygen atoms in total. The van der Waals surface area contributed by atoms with Crippen LogP contribution in [0.2, 0.25) is 5.02 Å². The molecule has 0 spiro atoms. The van der Waals surface area contributed by atoms with Gasteiger partial charge in [0.2, 0.25) is 0 Å². The molecule has 1 unspecified atom stereocenters. The second-order valence-electron chi connectivity index (χ2n) is 5.05. The molecule has 1 N–H and O–H groups in total. The van der Waals surface area contributed by atoms with E-state index >= 15 is 0 Å². The summed E-state index contributed by atoms with van der Waals surface area (Å²) < 4.78 is 31.8. The van der Waals surface area contributed by atoms with Crippen LogP contribution >= 0.6 is 11.6 Å². The summed E-state index contributed by atoms with van der Waals surface area (Å²) in [6.07, 6.45) is -1.41. The highest BCUT2D eigenvalue weighted by atomic mass is 35.5. The monoisotopic (exact) mass is 384 g/mol. The predicted octanol–water partition coefficient (Wildman–Crippen LogP) is 3.71. The number of hydrogen-bond donors (Lipinski definition) is 1. The van der Waals surface area contributed by atoms with Crippen molar-refractivity contribution in [3.8, 4) is 0 Å². The van der Waals surface area contributed by atoms with Gasteiger partial charge >= 0.3 is 5.97 Å². The van der Waals surface area contributed by atoms with Gasteiger partial charge in [0.15, 0.2) is 6.10 Å². The average molecular weight is 385 g/mol. The van der Waals surface area contributed by atoms with Crippen LogP contribution in [0.3, 0.4) is 0 Å². The number of hydrogen-bond acceptors (Lipinski definition) is 5. The van der Waals surface area contributed by atoms with Crippen LogP contribution in [0.1, 0.15) is 17.3 Å². The van der Waals surface area contributed by atoms with Crippen LogP contribution in [0.5, 0.6) is 0 Å². The number of esters is 1. The van der Waals surface area contributed by atoms with Gasteiger partial charge in [0.25, 0.3) is 11.6 Å². The van der Waals surface area contributed by atoms with Crippen LogP contribution in [0.4, 0.5) is 20.2 Å². The number of nitro groups is 1. The quantitative estimate of drug-likeness (QED) is 0.481. The number of nitrogens with zero attached hydrogens (tertiary/aromatic N) is 1. The molecule has 2 aromatic carbocycles. The minimum Gasteiger partial charge on any atom is -0.449 e. The minimum atomic E-state index is -1.41. The number of carbonyl (C=O) groups excluding carboxylic acids is 2. The molecule has 0 saturated carbocycles. The fraction of sp³-hybridized carbons (Fsp3) is 0.125. The Bertz CT molecular complexity index is 871. The van der Waals surface area contributed by atoms with E-state index < -0.39 is 40.1 Å². The highest BCUT2D eigenvalue weighted by molar-refractivity contribution is 6.34. The first-order chi connectivity index (χ1) is 12.2. The third kappa shape index (κ3) is 4.31. The van der Waals surface area contributed by atoms with E-state index in [2.05, 4.69) is 5.32 Å². The van der Waals surface area contributed by atoms with Gasteiger partial charge in [-0.25, -0.2) is 13.6 Å². The van der Waals surface area contributed by atoms with Crippen LogP contribution in [-0.4, -0.2) is 22.9 Å². The lowest BCUT2D eigenvalue weighted by atomic mass is 10.2. The summed E-state index contributed by atoms with van der Waals surface area (Å²) in [7, 11) is 0. The molecule has 136 valence electrons. The summed E-state index contributed by atoms with van der Waals surface area (Å²) in [5.74, 6) is -4.44. The number of anilines is 1. The zero-order chi connectivity index (χ0) is 19.4. The van der Waals surface area contributed by atoms with Gasteiger partial charge in [-0.05, 0) is 25.1 Å². The molecule has 0 bridgehead atoms. The highest BCUT2D eigenvalue weighted by Gasteiger charge is 2.24. The lowest BCUT2D eigenvalue weighted by Gasteiger charge is -2.14. The van der Waals surface area contributed by atoms with Crippen molar-refractivity contribution in [3.63, 3.8) is 0 Å². The van der Waals surface area contributed by atoms with Gasteiger partial charge in [-0.15, -0.1) is 0 Å². The van der Waals surface area contributed by atoms with Crippen molar-refractivity contribution in [3.05, 3.63) is 68.7 Å². The number of nitrogens with one attached hydrogen (secondary N) is 1.